The predicted molar refractivity (Wildman–Crippen MR) is 127 cm³/mol. The number of para-hydroxylation sites is 2. The zero-order valence-electron chi connectivity index (χ0n) is 18.5. The highest BCUT2D eigenvalue weighted by molar-refractivity contribution is 5.86. The summed E-state index contributed by atoms with van der Waals surface area (Å²) >= 11 is 0. The fourth-order valence-electron chi connectivity index (χ4n) is 4.03. The summed E-state index contributed by atoms with van der Waals surface area (Å²) in [6, 6.07) is 26.0. The summed E-state index contributed by atoms with van der Waals surface area (Å²) in [4.78, 5) is 12.8. The molecule has 1 N–H and O–H groups in total. The minimum atomic E-state index is -0.108. The van der Waals surface area contributed by atoms with E-state index in [1.54, 1.807) is 7.11 Å². The van der Waals surface area contributed by atoms with Gasteiger partial charge < -0.3 is 19.4 Å². The second-order valence-electron chi connectivity index (χ2n) is 7.80. The molecule has 0 saturated heterocycles. The van der Waals surface area contributed by atoms with Gasteiger partial charge in [0.25, 0.3) is 0 Å². The van der Waals surface area contributed by atoms with Crippen molar-refractivity contribution in [3.05, 3.63) is 96.2 Å². The summed E-state index contributed by atoms with van der Waals surface area (Å²) in [7, 11) is 3.67. The highest BCUT2D eigenvalue weighted by Crippen LogP contribution is 2.36. The van der Waals surface area contributed by atoms with Crippen molar-refractivity contribution in [3.63, 3.8) is 0 Å². The number of nitrogens with zero attached hydrogens (tertiary/aromatic N) is 1. The molecule has 0 aliphatic carbocycles. The van der Waals surface area contributed by atoms with Gasteiger partial charge in [-0.3, -0.25) is 4.79 Å². The average Bonchev–Trinajstić information content (AvgIpc) is 3.15. The van der Waals surface area contributed by atoms with E-state index >= 15 is 0 Å². The van der Waals surface area contributed by atoms with Crippen LogP contribution in [-0.4, -0.2) is 30.7 Å². The number of amides is 1. The zero-order chi connectivity index (χ0) is 22.3. The molecule has 5 heteroatoms. The molecule has 0 saturated carbocycles. The van der Waals surface area contributed by atoms with Crippen molar-refractivity contribution in [2.45, 2.75) is 12.3 Å². The summed E-state index contributed by atoms with van der Waals surface area (Å²) in [5, 5.41) is 4.11. The third-order valence-corrected chi connectivity index (χ3v) is 5.56. The van der Waals surface area contributed by atoms with E-state index in [1.807, 2.05) is 67.7 Å². The Morgan fingerprint density at radius 2 is 1.72 bits per heavy atom. The fraction of sp³-hybridized carbons (Fsp3) is 0.222. The number of aryl methyl sites for hydroxylation is 1. The Hall–Kier alpha value is -3.57. The molecule has 0 bridgehead atoms. The normalized spacial score (nSPS) is 11.9. The minimum Gasteiger partial charge on any atom is -0.457 e. The van der Waals surface area contributed by atoms with E-state index in [9.17, 15) is 4.79 Å². The third-order valence-electron chi connectivity index (χ3n) is 5.56. The van der Waals surface area contributed by atoms with Crippen molar-refractivity contribution in [1.82, 2.24) is 9.88 Å². The van der Waals surface area contributed by atoms with E-state index in [0.29, 0.717) is 19.6 Å². The molecule has 164 valence electrons. The van der Waals surface area contributed by atoms with Crippen LogP contribution in [0, 0.1) is 0 Å². The molecule has 3 aromatic carbocycles. The van der Waals surface area contributed by atoms with Crippen LogP contribution in [0.5, 0.6) is 11.5 Å². The van der Waals surface area contributed by atoms with Gasteiger partial charge in [-0.05, 0) is 41.5 Å². The van der Waals surface area contributed by atoms with Crippen LogP contribution >= 0.6 is 0 Å². The van der Waals surface area contributed by atoms with Crippen LogP contribution in [0.15, 0.2) is 85.1 Å². The first-order valence-corrected chi connectivity index (χ1v) is 10.8. The SMILES string of the molecule is COCCNC(=O)CC(c1cccc(Oc2ccccc2)c1)c1cn(C)c2ccccc12. The van der Waals surface area contributed by atoms with Crippen molar-refractivity contribution >= 4 is 16.8 Å². The van der Waals surface area contributed by atoms with Gasteiger partial charge in [0.2, 0.25) is 5.91 Å². The molecule has 4 aromatic rings. The quantitative estimate of drug-likeness (QED) is 0.370. The first-order chi connectivity index (χ1) is 15.7. The number of hydrogen-bond acceptors (Lipinski definition) is 3. The summed E-state index contributed by atoms with van der Waals surface area (Å²) in [5.74, 6) is 1.42. The van der Waals surface area contributed by atoms with Gasteiger partial charge in [0, 0.05) is 50.1 Å². The van der Waals surface area contributed by atoms with E-state index in [2.05, 4.69) is 34.3 Å². The number of carbonyl (C=O) groups excluding carboxylic acids is 1. The maximum Gasteiger partial charge on any atom is 0.221 e. The zero-order valence-corrected chi connectivity index (χ0v) is 18.5. The molecule has 32 heavy (non-hydrogen) atoms. The molecule has 1 atom stereocenters. The largest absolute Gasteiger partial charge is 0.457 e. The van der Waals surface area contributed by atoms with Crippen molar-refractivity contribution in [1.29, 1.82) is 0 Å². The fourth-order valence-corrected chi connectivity index (χ4v) is 4.03. The number of fused-ring (bicyclic) bond motifs is 1. The number of aromatic nitrogens is 1. The number of methoxy groups -OCH3 is 1. The molecule has 0 aliphatic rings. The number of ether oxygens (including phenoxy) is 2. The van der Waals surface area contributed by atoms with Crippen molar-refractivity contribution in [3.8, 4) is 11.5 Å². The molecule has 0 spiro atoms. The van der Waals surface area contributed by atoms with Crippen molar-refractivity contribution < 1.29 is 14.3 Å². The molecule has 1 unspecified atom stereocenters. The highest BCUT2D eigenvalue weighted by atomic mass is 16.5. The average molecular weight is 429 g/mol. The first-order valence-electron chi connectivity index (χ1n) is 10.8. The molecular formula is C27H28N2O3. The van der Waals surface area contributed by atoms with E-state index in [0.717, 1.165) is 33.5 Å². The van der Waals surface area contributed by atoms with Gasteiger partial charge in [0.15, 0.2) is 0 Å². The lowest BCUT2D eigenvalue weighted by atomic mass is 9.88. The van der Waals surface area contributed by atoms with Crippen LogP contribution in [0.25, 0.3) is 10.9 Å². The van der Waals surface area contributed by atoms with Gasteiger partial charge in [-0.2, -0.15) is 0 Å². The molecular weight excluding hydrogens is 400 g/mol. The number of benzene rings is 3. The van der Waals surface area contributed by atoms with Crippen LogP contribution in [0.1, 0.15) is 23.5 Å². The number of rotatable bonds is 9. The van der Waals surface area contributed by atoms with Crippen LogP contribution in [0.4, 0.5) is 0 Å². The van der Waals surface area contributed by atoms with E-state index in [-0.39, 0.29) is 11.8 Å². The van der Waals surface area contributed by atoms with Crippen LogP contribution in [0.3, 0.4) is 0 Å². The lowest BCUT2D eigenvalue weighted by Gasteiger charge is -2.18. The lowest BCUT2D eigenvalue weighted by Crippen LogP contribution is -2.28. The Morgan fingerprint density at radius 1 is 0.969 bits per heavy atom. The van der Waals surface area contributed by atoms with E-state index < -0.39 is 0 Å². The minimum absolute atomic E-state index is 0.00522. The summed E-state index contributed by atoms with van der Waals surface area (Å²) in [6.07, 6.45) is 2.47. The van der Waals surface area contributed by atoms with Crippen molar-refractivity contribution in [2.75, 3.05) is 20.3 Å². The standard InChI is InChI=1S/C27H28N2O3/c1-29-19-25(23-13-6-7-14-26(23)29)24(18-27(30)28-15-16-31-2)20-9-8-12-22(17-20)32-21-10-4-3-5-11-21/h3-14,17,19,24H,15-16,18H2,1-2H3,(H,28,30). The van der Waals surface area contributed by atoms with E-state index in [1.165, 1.54) is 0 Å². The Balaban J connectivity index is 1.69. The molecule has 4 rings (SSSR count). The topological polar surface area (TPSA) is 52.5 Å². The van der Waals surface area contributed by atoms with Crippen LogP contribution in [0.2, 0.25) is 0 Å². The number of nitrogens with one attached hydrogen (secondary N) is 1. The molecule has 0 fully saturated rings. The van der Waals surface area contributed by atoms with Gasteiger partial charge >= 0.3 is 0 Å². The Kier molecular flexibility index (Phi) is 6.87. The lowest BCUT2D eigenvalue weighted by molar-refractivity contribution is -0.121. The van der Waals surface area contributed by atoms with Crippen molar-refractivity contribution in [2.24, 2.45) is 7.05 Å². The maximum atomic E-state index is 12.8. The Morgan fingerprint density at radius 3 is 2.53 bits per heavy atom. The van der Waals surface area contributed by atoms with Gasteiger partial charge in [0.1, 0.15) is 11.5 Å². The Labute approximate surface area is 188 Å². The molecule has 0 aliphatic heterocycles. The first kappa shape index (κ1) is 21.7. The van der Waals surface area contributed by atoms with E-state index in [4.69, 9.17) is 9.47 Å². The van der Waals surface area contributed by atoms with Crippen LogP contribution < -0.4 is 10.1 Å². The van der Waals surface area contributed by atoms with Gasteiger partial charge in [-0.25, -0.2) is 0 Å². The molecule has 5 nitrogen and oxygen atoms in total. The second kappa shape index (κ2) is 10.2. The van der Waals surface area contributed by atoms with Crippen LogP contribution in [-0.2, 0) is 16.6 Å². The van der Waals surface area contributed by atoms with Gasteiger partial charge in [0.05, 0.1) is 6.61 Å². The summed E-state index contributed by atoms with van der Waals surface area (Å²) in [5.41, 5.74) is 3.31. The van der Waals surface area contributed by atoms with Gasteiger partial charge in [-0.1, -0.05) is 48.5 Å². The monoisotopic (exact) mass is 428 g/mol. The number of hydrogen-bond donors (Lipinski definition) is 1. The molecule has 1 amide bonds. The summed E-state index contributed by atoms with van der Waals surface area (Å²) in [6.45, 7) is 0.986. The maximum absolute atomic E-state index is 12.8. The Bertz CT molecular complexity index is 1180. The van der Waals surface area contributed by atoms with Gasteiger partial charge in [-0.15, -0.1) is 0 Å². The smallest absolute Gasteiger partial charge is 0.221 e. The highest BCUT2D eigenvalue weighted by Gasteiger charge is 2.22. The molecule has 1 heterocycles. The molecule has 0 radical (unpaired) electrons. The third kappa shape index (κ3) is 5.01. The molecule has 1 aromatic heterocycles. The number of carbonyl (C=O) groups is 1. The predicted octanol–water partition coefficient (Wildman–Crippen LogP) is 5.26. The summed E-state index contributed by atoms with van der Waals surface area (Å²) < 4.78 is 13.2. The second-order valence-corrected chi connectivity index (χ2v) is 7.80.